The van der Waals surface area contributed by atoms with Crippen LogP contribution in [0.2, 0.25) is 0 Å². The van der Waals surface area contributed by atoms with Gasteiger partial charge in [0.25, 0.3) is 0 Å². The molecule has 1 rings (SSSR count). The summed E-state index contributed by atoms with van der Waals surface area (Å²) in [6, 6.07) is 0. The Morgan fingerprint density at radius 3 is 2.33 bits per heavy atom. The maximum Gasteiger partial charge on any atom is -0.0280 e. The molecular formula is C12H20. The molecule has 0 unspecified atom stereocenters. The van der Waals surface area contributed by atoms with Crippen molar-refractivity contribution in [2.24, 2.45) is 0 Å². The largest absolute Gasteiger partial charge is 0.0807 e. The van der Waals surface area contributed by atoms with Gasteiger partial charge in [0.1, 0.15) is 0 Å². The van der Waals surface area contributed by atoms with E-state index in [2.05, 4.69) is 26.8 Å². The van der Waals surface area contributed by atoms with Crippen molar-refractivity contribution in [3.8, 4) is 0 Å². The highest BCUT2D eigenvalue weighted by atomic mass is 14.2. The van der Waals surface area contributed by atoms with Gasteiger partial charge < -0.3 is 0 Å². The van der Waals surface area contributed by atoms with Crippen molar-refractivity contribution in [1.29, 1.82) is 0 Å². The minimum absolute atomic E-state index is 1.21. The zero-order valence-electron chi connectivity index (χ0n) is 8.61. The molecule has 1 aliphatic rings. The molecule has 0 nitrogen and oxygen atoms in total. The van der Waals surface area contributed by atoms with Gasteiger partial charge in [-0.1, -0.05) is 32.4 Å². The number of hydrogen-bond acceptors (Lipinski definition) is 0. The van der Waals surface area contributed by atoms with Crippen LogP contribution in [-0.4, -0.2) is 0 Å². The lowest BCUT2D eigenvalue weighted by molar-refractivity contribution is 0.821. The molecular weight excluding hydrogens is 144 g/mol. The highest BCUT2D eigenvalue weighted by Crippen LogP contribution is 2.30. The van der Waals surface area contributed by atoms with Crippen LogP contribution in [0.25, 0.3) is 0 Å². The quantitative estimate of drug-likeness (QED) is 0.585. The topological polar surface area (TPSA) is 0 Å². The molecule has 0 saturated carbocycles. The molecule has 0 spiro atoms. The third-order valence-electron chi connectivity index (χ3n) is 2.81. The third kappa shape index (κ3) is 1.80. The molecule has 0 saturated heterocycles. The monoisotopic (exact) mass is 164 g/mol. The van der Waals surface area contributed by atoms with Crippen LogP contribution in [0.15, 0.2) is 22.8 Å². The first kappa shape index (κ1) is 9.57. The smallest absolute Gasteiger partial charge is 0.0280 e. The van der Waals surface area contributed by atoms with Crippen LogP contribution in [0.1, 0.15) is 52.9 Å². The fraction of sp³-hybridized carbons (Fsp3) is 0.667. The van der Waals surface area contributed by atoms with Crippen molar-refractivity contribution in [2.45, 2.75) is 52.9 Å². The molecule has 0 N–H and O–H groups in total. The highest BCUT2D eigenvalue weighted by Gasteiger charge is 2.11. The molecule has 0 heterocycles. The van der Waals surface area contributed by atoms with Crippen molar-refractivity contribution in [3.05, 3.63) is 22.8 Å². The Morgan fingerprint density at radius 1 is 1.08 bits per heavy atom. The Balaban J connectivity index is 2.89. The van der Waals surface area contributed by atoms with Gasteiger partial charge in [-0.2, -0.15) is 0 Å². The molecule has 0 bridgehead atoms. The first-order valence-electron chi connectivity index (χ1n) is 5.23. The van der Waals surface area contributed by atoms with Crippen LogP contribution in [-0.2, 0) is 0 Å². The maximum atomic E-state index is 2.43. The second-order valence-corrected chi connectivity index (χ2v) is 3.41. The average Bonchev–Trinajstić information content (AvgIpc) is 2.16. The van der Waals surface area contributed by atoms with Crippen molar-refractivity contribution >= 4 is 0 Å². The van der Waals surface area contributed by atoms with Gasteiger partial charge in [0.05, 0.1) is 0 Å². The molecule has 0 fully saturated rings. The number of allylic oxidation sites excluding steroid dienone is 4. The summed E-state index contributed by atoms with van der Waals surface area (Å²) in [6.45, 7) is 6.82. The van der Waals surface area contributed by atoms with Crippen LogP contribution >= 0.6 is 0 Å². The van der Waals surface area contributed by atoms with E-state index in [1.54, 1.807) is 16.7 Å². The third-order valence-corrected chi connectivity index (χ3v) is 2.81. The van der Waals surface area contributed by atoms with Crippen molar-refractivity contribution < 1.29 is 0 Å². The van der Waals surface area contributed by atoms with E-state index in [0.29, 0.717) is 0 Å². The van der Waals surface area contributed by atoms with Crippen LogP contribution in [0.3, 0.4) is 0 Å². The summed E-state index contributed by atoms with van der Waals surface area (Å²) in [5, 5.41) is 0. The number of rotatable bonds is 3. The Labute approximate surface area is 76.4 Å². The van der Waals surface area contributed by atoms with Crippen LogP contribution in [0.5, 0.6) is 0 Å². The van der Waals surface area contributed by atoms with E-state index in [1.807, 2.05) is 0 Å². The predicted octanol–water partition coefficient (Wildman–Crippen LogP) is 4.23. The summed E-state index contributed by atoms with van der Waals surface area (Å²) < 4.78 is 0. The number of hydrogen-bond donors (Lipinski definition) is 0. The molecule has 0 radical (unpaired) electrons. The van der Waals surface area contributed by atoms with Crippen molar-refractivity contribution in [1.82, 2.24) is 0 Å². The second-order valence-electron chi connectivity index (χ2n) is 3.41. The molecule has 12 heavy (non-hydrogen) atoms. The van der Waals surface area contributed by atoms with Crippen LogP contribution in [0, 0.1) is 0 Å². The Bertz CT molecular complexity index is 206. The van der Waals surface area contributed by atoms with Crippen molar-refractivity contribution in [2.75, 3.05) is 0 Å². The standard InChI is InChI=1S/C12H20/c1-4-10-8-7-9-11(5-2)12(10)6-3/h8H,4-7,9H2,1-3H3. The lowest BCUT2D eigenvalue weighted by atomic mass is 9.87. The van der Waals surface area contributed by atoms with Gasteiger partial charge in [-0.25, -0.2) is 0 Å². The van der Waals surface area contributed by atoms with Gasteiger partial charge in [-0.15, -0.1) is 0 Å². The summed E-state index contributed by atoms with van der Waals surface area (Å²) in [4.78, 5) is 0. The second kappa shape index (κ2) is 4.49. The van der Waals surface area contributed by atoms with Crippen LogP contribution < -0.4 is 0 Å². The van der Waals surface area contributed by atoms with Gasteiger partial charge in [0, 0.05) is 0 Å². The summed E-state index contributed by atoms with van der Waals surface area (Å²) in [5.74, 6) is 0. The Morgan fingerprint density at radius 2 is 1.83 bits per heavy atom. The minimum Gasteiger partial charge on any atom is -0.0807 e. The van der Waals surface area contributed by atoms with Gasteiger partial charge in [0.2, 0.25) is 0 Å². The van der Waals surface area contributed by atoms with Crippen molar-refractivity contribution in [3.63, 3.8) is 0 Å². The Kier molecular flexibility index (Phi) is 3.58. The van der Waals surface area contributed by atoms with Gasteiger partial charge >= 0.3 is 0 Å². The summed E-state index contributed by atoms with van der Waals surface area (Å²) in [7, 11) is 0. The molecule has 0 aromatic rings. The van der Waals surface area contributed by atoms with E-state index >= 15 is 0 Å². The zero-order chi connectivity index (χ0) is 8.97. The van der Waals surface area contributed by atoms with E-state index in [9.17, 15) is 0 Å². The maximum absolute atomic E-state index is 2.43. The van der Waals surface area contributed by atoms with E-state index in [-0.39, 0.29) is 0 Å². The molecule has 1 aliphatic carbocycles. The lowest BCUT2D eigenvalue weighted by Gasteiger charge is -2.19. The molecule has 0 aliphatic heterocycles. The molecule has 0 aromatic heterocycles. The first-order chi connectivity index (χ1) is 5.83. The van der Waals surface area contributed by atoms with Gasteiger partial charge in [-0.3, -0.25) is 0 Å². The lowest BCUT2D eigenvalue weighted by Crippen LogP contribution is -1.99. The summed E-state index contributed by atoms with van der Waals surface area (Å²) >= 11 is 0. The molecule has 0 heteroatoms. The van der Waals surface area contributed by atoms with Gasteiger partial charge in [-0.05, 0) is 43.3 Å². The highest BCUT2D eigenvalue weighted by molar-refractivity contribution is 5.37. The normalized spacial score (nSPS) is 18.1. The fourth-order valence-corrected chi connectivity index (χ4v) is 2.15. The Hall–Kier alpha value is -0.520. The molecule has 0 amide bonds. The molecule has 0 aromatic carbocycles. The van der Waals surface area contributed by atoms with E-state index < -0.39 is 0 Å². The molecule has 68 valence electrons. The zero-order valence-corrected chi connectivity index (χ0v) is 8.61. The predicted molar refractivity (Wildman–Crippen MR) is 55.2 cm³/mol. The van der Waals surface area contributed by atoms with Gasteiger partial charge in [0.15, 0.2) is 0 Å². The minimum atomic E-state index is 1.21. The van der Waals surface area contributed by atoms with E-state index in [0.717, 1.165) is 0 Å². The first-order valence-corrected chi connectivity index (χ1v) is 5.23. The van der Waals surface area contributed by atoms with E-state index in [1.165, 1.54) is 32.1 Å². The average molecular weight is 164 g/mol. The SMILES string of the molecule is CCC1=CCCC(CC)=C1CC. The van der Waals surface area contributed by atoms with E-state index in [4.69, 9.17) is 0 Å². The summed E-state index contributed by atoms with van der Waals surface area (Å²) in [6.07, 6.45) is 8.70. The summed E-state index contributed by atoms with van der Waals surface area (Å²) in [5.41, 5.74) is 4.98. The molecule has 0 atom stereocenters. The van der Waals surface area contributed by atoms with Crippen LogP contribution in [0.4, 0.5) is 0 Å². The fourth-order valence-electron chi connectivity index (χ4n) is 2.15.